The molecule has 19 heavy (non-hydrogen) atoms. The summed E-state index contributed by atoms with van der Waals surface area (Å²) in [5, 5.41) is 3.25. The van der Waals surface area contributed by atoms with Gasteiger partial charge in [0.25, 0.3) is 0 Å². The van der Waals surface area contributed by atoms with Crippen molar-refractivity contribution in [2.75, 3.05) is 12.5 Å². The molecule has 0 aliphatic carbocycles. The Kier molecular flexibility index (Phi) is 9.55. The quantitative estimate of drug-likeness (QED) is 0.409. The van der Waals surface area contributed by atoms with E-state index in [1.54, 1.807) is 6.20 Å². The van der Waals surface area contributed by atoms with Gasteiger partial charge < -0.3 is 10.1 Å². The lowest BCUT2D eigenvalue weighted by molar-refractivity contribution is -0.0317. The number of rotatable bonds is 12. The zero-order chi connectivity index (χ0) is 14.8. The molecule has 0 bridgehead atoms. The topological polar surface area (TPSA) is 21.3 Å². The molecule has 0 saturated carbocycles. The summed E-state index contributed by atoms with van der Waals surface area (Å²) in [6.07, 6.45) is 8.68. The van der Waals surface area contributed by atoms with E-state index < -0.39 is 0 Å². The second kappa shape index (κ2) is 9.66. The van der Waals surface area contributed by atoms with Crippen molar-refractivity contribution in [1.29, 1.82) is 0 Å². The van der Waals surface area contributed by atoms with Gasteiger partial charge in [-0.25, -0.2) is 0 Å². The third-order valence-corrected chi connectivity index (χ3v) is 3.64. The van der Waals surface area contributed by atoms with Crippen molar-refractivity contribution in [3.63, 3.8) is 0 Å². The Morgan fingerprint density at radius 1 is 1.05 bits per heavy atom. The number of unbranched alkanes of at least 4 members (excludes halogenated alkanes) is 3. The van der Waals surface area contributed by atoms with Crippen molar-refractivity contribution in [2.45, 2.75) is 77.4 Å². The molecule has 0 atom stereocenters. The Bertz CT molecular complexity index is 239. The van der Waals surface area contributed by atoms with E-state index >= 15 is 0 Å². The molecule has 2 nitrogen and oxygen atoms in total. The molecule has 114 valence electrons. The van der Waals surface area contributed by atoms with E-state index in [9.17, 15) is 0 Å². The fourth-order valence-electron chi connectivity index (χ4n) is 2.00. The molecule has 0 aliphatic rings. The van der Waals surface area contributed by atoms with E-state index in [2.05, 4.69) is 39.6 Å². The Labute approximate surface area is 124 Å². The van der Waals surface area contributed by atoms with E-state index in [4.69, 9.17) is 16.3 Å². The van der Waals surface area contributed by atoms with Gasteiger partial charge in [0.05, 0.1) is 5.60 Å². The van der Waals surface area contributed by atoms with Gasteiger partial charge in [-0.1, -0.05) is 25.8 Å². The van der Waals surface area contributed by atoms with Crippen LogP contribution in [0.25, 0.3) is 0 Å². The van der Waals surface area contributed by atoms with Crippen LogP contribution in [0.4, 0.5) is 0 Å². The summed E-state index contributed by atoms with van der Waals surface area (Å²) in [4.78, 5) is 0. The average Bonchev–Trinajstić information content (AvgIpc) is 2.27. The lowest BCUT2D eigenvalue weighted by Gasteiger charge is -2.30. The summed E-state index contributed by atoms with van der Waals surface area (Å²) in [6.45, 7) is 13.2. The molecule has 0 rings (SSSR count). The highest BCUT2D eigenvalue weighted by Crippen LogP contribution is 2.20. The molecule has 0 aliphatic heterocycles. The first-order chi connectivity index (χ1) is 8.83. The number of alkyl halides is 1. The largest absolute Gasteiger partial charge is 0.386 e. The summed E-state index contributed by atoms with van der Waals surface area (Å²) < 4.78 is 6.02. The first-order valence-corrected chi connectivity index (χ1v) is 7.95. The fraction of sp³-hybridized carbons (Fsp3) is 0.875. The Morgan fingerprint density at radius 3 is 2.26 bits per heavy atom. The second-order valence-electron chi connectivity index (χ2n) is 6.44. The summed E-state index contributed by atoms with van der Waals surface area (Å²) in [5.41, 5.74) is 0.0312. The molecule has 0 radical (unpaired) electrons. The lowest BCUT2D eigenvalue weighted by atomic mass is 9.98. The second-order valence-corrected chi connectivity index (χ2v) is 6.82. The monoisotopic (exact) mass is 289 g/mol. The first kappa shape index (κ1) is 18.8. The molecule has 0 aromatic heterocycles. The molecule has 0 fully saturated rings. The van der Waals surface area contributed by atoms with E-state index in [1.165, 1.54) is 19.3 Å². The van der Waals surface area contributed by atoms with Crippen LogP contribution in [-0.4, -0.2) is 23.6 Å². The van der Waals surface area contributed by atoms with E-state index in [-0.39, 0.29) is 11.1 Å². The number of nitrogens with one attached hydrogen (secondary N) is 1. The maximum absolute atomic E-state index is 6.02. The third-order valence-electron chi connectivity index (χ3n) is 3.38. The van der Waals surface area contributed by atoms with Gasteiger partial charge in [-0.05, 0) is 53.2 Å². The highest BCUT2D eigenvalue weighted by atomic mass is 35.5. The van der Waals surface area contributed by atoms with Crippen LogP contribution in [0.1, 0.15) is 66.2 Å². The minimum absolute atomic E-state index is 0.0226. The standard InChI is InChI=1S/C16H32ClNO/c1-6-18-15(2,3)12-14-19-16(4,5)11-9-7-8-10-13-17/h6,18H,1,7-14H2,2-5H3. The molecule has 0 heterocycles. The van der Waals surface area contributed by atoms with Gasteiger partial charge in [-0.3, -0.25) is 0 Å². The van der Waals surface area contributed by atoms with Crippen LogP contribution in [0.15, 0.2) is 12.8 Å². The molecular formula is C16H32ClNO. The van der Waals surface area contributed by atoms with Gasteiger partial charge in [0, 0.05) is 18.0 Å². The Balaban J connectivity index is 3.74. The zero-order valence-electron chi connectivity index (χ0n) is 13.2. The third kappa shape index (κ3) is 11.3. The van der Waals surface area contributed by atoms with Crippen molar-refractivity contribution in [3.05, 3.63) is 12.8 Å². The van der Waals surface area contributed by atoms with E-state index in [1.807, 2.05) is 0 Å². The highest BCUT2D eigenvalue weighted by Gasteiger charge is 2.20. The van der Waals surface area contributed by atoms with Crippen molar-refractivity contribution < 1.29 is 4.74 Å². The highest BCUT2D eigenvalue weighted by molar-refractivity contribution is 6.17. The van der Waals surface area contributed by atoms with E-state index in [0.717, 1.165) is 31.7 Å². The molecule has 3 heteroatoms. The summed E-state index contributed by atoms with van der Waals surface area (Å²) in [7, 11) is 0. The smallest absolute Gasteiger partial charge is 0.0626 e. The fourth-order valence-corrected chi connectivity index (χ4v) is 2.19. The molecule has 0 unspecified atom stereocenters. The molecule has 0 amide bonds. The summed E-state index contributed by atoms with van der Waals surface area (Å²) in [5.74, 6) is 0.783. The molecule has 0 aromatic rings. The van der Waals surface area contributed by atoms with Crippen molar-refractivity contribution >= 4 is 11.6 Å². The van der Waals surface area contributed by atoms with Crippen LogP contribution in [0.5, 0.6) is 0 Å². The normalized spacial score (nSPS) is 12.5. The van der Waals surface area contributed by atoms with Crippen molar-refractivity contribution in [2.24, 2.45) is 0 Å². The SMILES string of the molecule is C=CNC(C)(C)CCOC(C)(C)CCCCCCCl. The Morgan fingerprint density at radius 2 is 1.68 bits per heavy atom. The van der Waals surface area contributed by atoms with Gasteiger partial charge in [-0.2, -0.15) is 0 Å². The van der Waals surface area contributed by atoms with Gasteiger partial charge in [0.2, 0.25) is 0 Å². The van der Waals surface area contributed by atoms with Crippen LogP contribution in [0, 0.1) is 0 Å². The lowest BCUT2D eigenvalue weighted by Crippen LogP contribution is -2.37. The molecule has 1 N–H and O–H groups in total. The minimum atomic E-state index is -0.0226. The maximum Gasteiger partial charge on any atom is 0.0626 e. The van der Waals surface area contributed by atoms with Crippen LogP contribution >= 0.6 is 11.6 Å². The maximum atomic E-state index is 6.02. The van der Waals surface area contributed by atoms with E-state index in [0.29, 0.717) is 0 Å². The first-order valence-electron chi connectivity index (χ1n) is 7.41. The van der Waals surface area contributed by atoms with Gasteiger partial charge in [0.15, 0.2) is 0 Å². The van der Waals surface area contributed by atoms with Crippen LogP contribution in [0.3, 0.4) is 0 Å². The van der Waals surface area contributed by atoms with Crippen LogP contribution < -0.4 is 5.32 Å². The van der Waals surface area contributed by atoms with Gasteiger partial charge >= 0.3 is 0 Å². The molecule has 0 saturated heterocycles. The summed E-state index contributed by atoms with van der Waals surface area (Å²) in [6, 6.07) is 0. The number of halogens is 1. The predicted octanol–water partition coefficient (Wildman–Crippen LogP) is 4.87. The zero-order valence-corrected chi connectivity index (χ0v) is 14.0. The average molecular weight is 290 g/mol. The molecular weight excluding hydrogens is 258 g/mol. The van der Waals surface area contributed by atoms with Crippen molar-refractivity contribution in [1.82, 2.24) is 5.32 Å². The minimum Gasteiger partial charge on any atom is -0.386 e. The van der Waals surface area contributed by atoms with Crippen molar-refractivity contribution in [3.8, 4) is 0 Å². The van der Waals surface area contributed by atoms with Crippen LogP contribution in [-0.2, 0) is 4.74 Å². The Hall–Kier alpha value is -0.210. The molecule has 0 spiro atoms. The van der Waals surface area contributed by atoms with Gasteiger partial charge in [-0.15, -0.1) is 11.6 Å². The number of hydrogen-bond donors (Lipinski definition) is 1. The number of ether oxygens (including phenoxy) is 1. The van der Waals surface area contributed by atoms with Crippen LogP contribution in [0.2, 0.25) is 0 Å². The predicted molar refractivity (Wildman–Crippen MR) is 85.9 cm³/mol. The summed E-state index contributed by atoms with van der Waals surface area (Å²) >= 11 is 5.67. The molecule has 0 aromatic carbocycles. The number of hydrogen-bond acceptors (Lipinski definition) is 2. The van der Waals surface area contributed by atoms with Gasteiger partial charge in [0.1, 0.15) is 0 Å².